The zero-order valence-electron chi connectivity index (χ0n) is 9.75. The van der Waals surface area contributed by atoms with Gasteiger partial charge >= 0.3 is 0 Å². The molecule has 90 valence electrons. The summed E-state index contributed by atoms with van der Waals surface area (Å²) in [5.41, 5.74) is 0.612. The Morgan fingerprint density at radius 2 is 2.38 bits per heavy atom. The third kappa shape index (κ3) is 3.56. The number of furan rings is 1. The molecule has 0 aliphatic heterocycles. The fourth-order valence-electron chi connectivity index (χ4n) is 1.56. The molecule has 0 radical (unpaired) electrons. The monoisotopic (exact) mass is 243 g/mol. The highest BCUT2D eigenvalue weighted by Crippen LogP contribution is 2.10. The molecule has 1 aromatic heterocycles. The van der Waals surface area contributed by atoms with Crippen molar-refractivity contribution in [3.05, 3.63) is 23.7 Å². The normalized spacial score (nSPS) is 12.4. The van der Waals surface area contributed by atoms with Crippen molar-refractivity contribution in [2.45, 2.75) is 26.7 Å². The number of alkyl halides is 1. The van der Waals surface area contributed by atoms with E-state index in [0.717, 1.165) is 12.8 Å². The number of hydrogen-bond acceptors (Lipinski definition) is 2. The molecule has 0 spiro atoms. The molecular formula is C12H18ClNO2. The second-order valence-corrected chi connectivity index (χ2v) is 4.23. The standard InChI is InChI=1S/C12H18ClNO2/c1-3-10(4-6-13)8-14-12(15)11-5-7-16-9(11)2/h5,7,10H,3-4,6,8H2,1-2H3,(H,14,15). The van der Waals surface area contributed by atoms with Gasteiger partial charge in [-0.2, -0.15) is 0 Å². The van der Waals surface area contributed by atoms with Crippen LogP contribution in [0.15, 0.2) is 16.7 Å². The molecule has 1 atom stereocenters. The van der Waals surface area contributed by atoms with Crippen molar-refractivity contribution in [3.8, 4) is 0 Å². The number of amides is 1. The number of rotatable bonds is 6. The molecule has 1 amide bonds. The predicted molar refractivity (Wildman–Crippen MR) is 64.9 cm³/mol. The molecule has 0 aliphatic rings. The van der Waals surface area contributed by atoms with Crippen LogP contribution in [0.2, 0.25) is 0 Å². The van der Waals surface area contributed by atoms with Gasteiger partial charge in [-0.15, -0.1) is 11.6 Å². The van der Waals surface area contributed by atoms with Crippen LogP contribution in [0.25, 0.3) is 0 Å². The molecule has 4 heteroatoms. The lowest BCUT2D eigenvalue weighted by molar-refractivity contribution is 0.0945. The van der Waals surface area contributed by atoms with E-state index in [0.29, 0.717) is 29.7 Å². The molecule has 0 saturated heterocycles. The Morgan fingerprint density at radius 3 is 2.88 bits per heavy atom. The third-order valence-corrected chi connectivity index (χ3v) is 2.97. The summed E-state index contributed by atoms with van der Waals surface area (Å²) in [5, 5.41) is 2.90. The smallest absolute Gasteiger partial charge is 0.254 e. The highest BCUT2D eigenvalue weighted by molar-refractivity contribution is 6.17. The first-order valence-corrected chi connectivity index (χ1v) is 6.10. The topological polar surface area (TPSA) is 42.2 Å². The van der Waals surface area contributed by atoms with Crippen molar-refractivity contribution in [3.63, 3.8) is 0 Å². The van der Waals surface area contributed by atoms with E-state index in [1.807, 2.05) is 0 Å². The van der Waals surface area contributed by atoms with Gasteiger partial charge in [0, 0.05) is 12.4 Å². The van der Waals surface area contributed by atoms with Gasteiger partial charge in [0.1, 0.15) is 5.76 Å². The summed E-state index contributed by atoms with van der Waals surface area (Å²) in [7, 11) is 0. The van der Waals surface area contributed by atoms with Crippen molar-refractivity contribution in [1.29, 1.82) is 0 Å². The average Bonchev–Trinajstić information content (AvgIpc) is 2.70. The number of aryl methyl sites for hydroxylation is 1. The summed E-state index contributed by atoms with van der Waals surface area (Å²) in [6, 6.07) is 1.69. The van der Waals surface area contributed by atoms with E-state index < -0.39 is 0 Å². The van der Waals surface area contributed by atoms with Gasteiger partial charge in [-0.05, 0) is 25.3 Å². The highest BCUT2D eigenvalue weighted by atomic mass is 35.5. The second kappa shape index (κ2) is 6.59. The molecule has 0 fully saturated rings. The predicted octanol–water partition coefficient (Wildman–Crippen LogP) is 2.97. The van der Waals surface area contributed by atoms with Gasteiger partial charge in [0.05, 0.1) is 11.8 Å². The molecule has 1 aromatic rings. The molecule has 16 heavy (non-hydrogen) atoms. The van der Waals surface area contributed by atoms with E-state index in [-0.39, 0.29) is 5.91 Å². The minimum absolute atomic E-state index is 0.0701. The van der Waals surface area contributed by atoms with E-state index in [4.69, 9.17) is 16.0 Å². The van der Waals surface area contributed by atoms with Crippen LogP contribution in [0.5, 0.6) is 0 Å². The number of carbonyl (C=O) groups is 1. The second-order valence-electron chi connectivity index (χ2n) is 3.85. The summed E-state index contributed by atoms with van der Waals surface area (Å²) >= 11 is 5.69. The van der Waals surface area contributed by atoms with Crippen molar-refractivity contribution in [2.75, 3.05) is 12.4 Å². The Bertz CT molecular complexity index is 336. The van der Waals surface area contributed by atoms with Gasteiger partial charge < -0.3 is 9.73 Å². The van der Waals surface area contributed by atoms with Gasteiger partial charge in [0.15, 0.2) is 0 Å². The molecule has 0 aliphatic carbocycles. The Kier molecular flexibility index (Phi) is 5.39. The van der Waals surface area contributed by atoms with Gasteiger partial charge in [-0.3, -0.25) is 4.79 Å². The van der Waals surface area contributed by atoms with Crippen molar-refractivity contribution >= 4 is 17.5 Å². The Hall–Kier alpha value is -0.960. The fourth-order valence-corrected chi connectivity index (χ4v) is 1.87. The molecular weight excluding hydrogens is 226 g/mol. The van der Waals surface area contributed by atoms with Crippen LogP contribution in [0.4, 0.5) is 0 Å². The van der Waals surface area contributed by atoms with E-state index >= 15 is 0 Å². The first-order valence-electron chi connectivity index (χ1n) is 5.57. The maximum Gasteiger partial charge on any atom is 0.254 e. The molecule has 1 rings (SSSR count). The van der Waals surface area contributed by atoms with E-state index in [1.165, 1.54) is 6.26 Å². The number of nitrogens with one attached hydrogen (secondary N) is 1. The van der Waals surface area contributed by atoms with Crippen molar-refractivity contribution in [1.82, 2.24) is 5.32 Å². The summed E-state index contributed by atoms with van der Waals surface area (Å²) in [6.45, 7) is 4.56. The summed E-state index contributed by atoms with van der Waals surface area (Å²) in [6.07, 6.45) is 3.49. The van der Waals surface area contributed by atoms with Gasteiger partial charge in [0.2, 0.25) is 0 Å². The highest BCUT2D eigenvalue weighted by Gasteiger charge is 2.13. The minimum Gasteiger partial charge on any atom is -0.469 e. The minimum atomic E-state index is -0.0701. The summed E-state index contributed by atoms with van der Waals surface area (Å²) in [4.78, 5) is 11.7. The zero-order valence-corrected chi connectivity index (χ0v) is 10.5. The van der Waals surface area contributed by atoms with Crippen LogP contribution in [0.3, 0.4) is 0 Å². The molecule has 0 aromatic carbocycles. The Labute approximate surface area is 101 Å². The third-order valence-electron chi connectivity index (χ3n) is 2.75. The van der Waals surface area contributed by atoms with Gasteiger partial charge in [-0.1, -0.05) is 13.3 Å². The van der Waals surface area contributed by atoms with Crippen molar-refractivity contribution < 1.29 is 9.21 Å². The number of hydrogen-bond donors (Lipinski definition) is 1. The quantitative estimate of drug-likeness (QED) is 0.781. The van der Waals surface area contributed by atoms with Crippen molar-refractivity contribution in [2.24, 2.45) is 5.92 Å². The van der Waals surface area contributed by atoms with Crippen LogP contribution < -0.4 is 5.32 Å². The van der Waals surface area contributed by atoms with Crippen LogP contribution >= 0.6 is 11.6 Å². The van der Waals surface area contributed by atoms with E-state index in [9.17, 15) is 4.79 Å². The molecule has 1 unspecified atom stereocenters. The fraction of sp³-hybridized carbons (Fsp3) is 0.583. The van der Waals surface area contributed by atoms with Gasteiger partial charge in [-0.25, -0.2) is 0 Å². The maximum atomic E-state index is 11.7. The number of halogens is 1. The lowest BCUT2D eigenvalue weighted by Crippen LogP contribution is -2.29. The van der Waals surface area contributed by atoms with Crippen LogP contribution in [-0.2, 0) is 0 Å². The summed E-state index contributed by atoms with van der Waals surface area (Å²) in [5.74, 6) is 1.68. The van der Waals surface area contributed by atoms with Crippen LogP contribution in [0, 0.1) is 12.8 Å². The maximum absolute atomic E-state index is 11.7. The first kappa shape index (κ1) is 13.1. The molecule has 1 N–H and O–H groups in total. The lowest BCUT2D eigenvalue weighted by atomic mass is 10.0. The SMILES string of the molecule is CCC(CCCl)CNC(=O)c1ccoc1C. The lowest BCUT2D eigenvalue weighted by Gasteiger charge is -2.13. The Morgan fingerprint density at radius 1 is 1.62 bits per heavy atom. The average molecular weight is 244 g/mol. The zero-order chi connectivity index (χ0) is 12.0. The first-order chi connectivity index (χ1) is 7.69. The molecule has 3 nitrogen and oxygen atoms in total. The van der Waals surface area contributed by atoms with Crippen LogP contribution in [-0.4, -0.2) is 18.3 Å². The largest absolute Gasteiger partial charge is 0.469 e. The van der Waals surface area contributed by atoms with Gasteiger partial charge in [0.25, 0.3) is 5.91 Å². The van der Waals surface area contributed by atoms with E-state index in [2.05, 4.69) is 12.2 Å². The molecule has 0 bridgehead atoms. The molecule has 0 saturated carbocycles. The van der Waals surface area contributed by atoms with E-state index in [1.54, 1.807) is 13.0 Å². The Balaban J connectivity index is 2.43. The summed E-state index contributed by atoms with van der Waals surface area (Å²) < 4.78 is 5.08. The number of carbonyl (C=O) groups excluding carboxylic acids is 1. The molecule has 1 heterocycles. The van der Waals surface area contributed by atoms with Crippen LogP contribution in [0.1, 0.15) is 35.9 Å².